The molecule has 1 aromatic carbocycles. The Balaban J connectivity index is 2.43. The Morgan fingerprint density at radius 2 is 2.00 bits per heavy atom. The Bertz CT molecular complexity index is 571. The minimum Gasteiger partial charge on any atom is -0.267 e. The van der Waals surface area contributed by atoms with E-state index in [0.29, 0.717) is 15.6 Å². The molecular formula is C12H10Cl2N2O. The molecular weight excluding hydrogens is 259 g/mol. The van der Waals surface area contributed by atoms with Gasteiger partial charge in [-0.1, -0.05) is 23.2 Å². The van der Waals surface area contributed by atoms with Gasteiger partial charge < -0.3 is 0 Å². The lowest BCUT2D eigenvalue weighted by molar-refractivity contribution is 0.0945. The standard InChI is InChI=1S/C12H10Cl2N2O/c1-7-6-16(15-8(7)2)12(17)10-4-3-9(13)5-11(10)14/h3-6H,1-2H3. The Labute approximate surface area is 109 Å². The summed E-state index contributed by atoms with van der Waals surface area (Å²) < 4.78 is 1.29. The molecule has 0 aliphatic rings. The van der Waals surface area contributed by atoms with E-state index < -0.39 is 0 Å². The zero-order valence-corrected chi connectivity index (χ0v) is 10.9. The Kier molecular flexibility index (Phi) is 3.22. The smallest absolute Gasteiger partial charge is 0.267 e. The molecule has 0 aliphatic heterocycles. The molecule has 0 aliphatic carbocycles. The van der Waals surface area contributed by atoms with Crippen LogP contribution in [0, 0.1) is 13.8 Å². The van der Waals surface area contributed by atoms with Crippen molar-refractivity contribution in [2.45, 2.75) is 13.8 Å². The summed E-state index contributed by atoms with van der Waals surface area (Å²) in [6.07, 6.45) is 1.68. The average molecular weight is 269 g/mol. The summed E-state index contributed by atoms with van der Waals surface area (Å²) in [4.78, 5) is 12.1. The molecule has 2 rings (SSSR count). The lowest BCUT2D eigenvalue weighted by Gasteiger charge is -2.03. The van der Waals surface area contributed by atoms with Crippen LogP contribution in [0.5, 0.6) is 0 Å². The van der Waals surface area contributed by atoms with Crippen molar-refractivity contribution in [3.63, 3.8) is 0 Å². The van der Waals surface area contributed by atoms with Crippen LogP contribution in [0.3, 0.4) is 0 Å². The van der Waals surface area contributed by atoms with Gasteiger partial charge in [-0.2, -0.15) is 5.10 Å². The van der Waals surface area contributed by atoms with Crippen LogP contribution in [0.2, 0.25) is 10.0 Å². The van der Waals surface area contributed by atoms with Crippen LogP contribution in [0.15, 0.2) is 24.4 Å². The third-order valence-corrected chi connectivity index (χ3v) is 3.06. The number of aromatic nitrogens is 2. The molecule has 0 unspecified atom stereocenters. The predicted molar refractivity (Wildman–Crippen MR) is 67.9 cm³/mol. The zero-order chi connectivity index (χ0) is 12.6. The second kappa shape index (κ2) is 4.51. The first-order valence-corrected chi connectivity index (χ1v) is 5.77. The molecule has 0 radical (unpaired) electrons. The fourth-order valence-electron chi connectivity index (χ4n) is 1.44. The largest absolute Gasteiger partial charge is 0.279 e. The second-order valence-corrected chi connectivity index (χ2v) is 4.62. The van der Waals surface area contributed by atoms with Gasteiger partial charge in [0.25, 0.3) is 5.91 Å². The van der Waals surface area contributed by atoms with Gasteiger partial charge in [0.1, 0.15) is 0 Å². The summed E-state index contributed by atoms with van der Waals surface area (Å²) >= 11 is 11.8. The topological polar surface area (TPSA) is 34.9 Å². The minimum absolute atomic E-state index is 0.261. The molecule has 1 aromatic heterocycles. The molecule has 0 spiro atoms. The maximum Gasteiger partial charge on any atom is 0.279 e. The number of hydrogen-bond donors (Lipinski definition) is 0. The summed E-state index contributed by atoms with van der Waals surface area (Å²) in [7, 11) is 0. The minimum atomic E-state index is -0.261. The van der Waals surface area contributed by atoms with E-state index in [1.54, 1.807) is 24.4 Å². The van der Waals surface area contributed by atoms with Crippen molar-refractivity contribution in [1.82, 2.24) is 9.78 Å². The van der Waals surface area contributed by atoms with E-state index in [9.17, 15) is 4.79 Å². The normalized spacial score (nSPS) is 10.6. The summed E-state index contributed by atoms with van der Waals surface area (Å²) in [5.41, 5.74) is 2.17. The number of halogens is 2. The zero-order valence-electron chi connectivity index (χ0n) is 9.37. The molecule has 0 bridgehead atoms. The molecule has 5 heteroatoms. The van der Waals surface area contributed by atoms with Crippen molar-refractivity contribution in [2.75, 3.05) is 0 Å². The number of hydrogen-bond acceptors (Lipinski definition) is 2. The van der Waals surface area contributed by atoms with E-state index in [0.717, 1.165) is 11.3 Å². The Hall–Kier alpha value is -1.32. The highest BCUT2D eigenvalue weighted by atomic mass is 35.5. The van der Waals surface area contributed by atoms with Gasteiger partial charge in [-0.3, -0.25) is 4.79 Å². The van der Waals surface area contributed by atoms with E-state index in [-0.39, 0.29) is 5.91 Å². The highest BCUT2D eigenvalue weighted by Crippen LogP contribution is 2.22. The highest BCUT2D eigenvalue weighted by Gasteiger charge is 2.14. The number of carbonyl (C=O) groups excluding carboxylic acids is 1. The van der Waals surface area contributed by atoms with Crippen molar-refractivity contribution < 1.29 is 4.79 Å². The fraction of sp³-hybridized carbons (Fsp3) is 0.167. The molecule has 0 fully saturated rings. The molecule has 0 saturated heterocycles. The van der Waals surface area contributed by atoms with Crippen LogP contribution in [0.1, 0.15) is 21.6 Å². The molecule has 1 heterocycles. The first kappa shape index (κ1) is 12.1. The number of rotatable bonds is 1. The summed E-state index contributed by atoms with van der Waals surface area (Å²) in [5, 5.41) is 4.95. The molecule has 17 heavy (non-hydrogen) atoms. The highest BCUT2D eigenvalue weighted by molar-refractivity contribution is 6.36. The first-order valence-electron chi connectivity index (χ1n) is 5.01. The van der Waals surface area contributed by atoms with Gasteiger partial charge in [0.2, 0.25) is 0 Å². The number of nitrogens with zero attached hydrogens (tertiary/aromatic N) is 2. The molecule has 0 saturated carbocycles. The van der Waals surface area contributed by atoms with E-state index in [2.05, 4.69) is 5.10 Å². The molecule has 0 N–H and O–H groups in total. The van der Waals surface area contributed by atoms with Crippen molar-refractivity contribution in [2.24, 2.45) is 0 Å². The van der Waals surface area contributed by atoms with E-state index >= 15 is 0 Å². The molecule has 88 valence electrons. The number of carbonyl (C=O) groups is 1. The van der Waals surface area contributed by atoms with Gasteiger partial charge in [-0.15, -0.1) is 0 Å². The quantitative estimate of drug-likeness (QED) is 0.794. The third-order valence-electron chi connectivity index (χ3n) is 2.51. The van der Waals surface area contributed by atoms with Crippen molar-refractivity contribution in [3.8, 4) is 0 Å². The lowest BCUT2D eigenvalue weighted by Crippen LogP contribution is -2.13. The Morgan fingerprint density at radius 3 is 2.53 bits per heavy atom. The van der Waals surface area contributed by atoms with Crippen LogP contribution in [0.25, 0.3) is 0 Å². The van der Waals surface area contributed by atoms with Crippen LogP contribution < -0.4 is 0 Å². The lowest BCUT2D eigenvalue weighted by atomic mass is 10.2. The molecule has 0 amide bonds. The van der Waals surface area contributed by atoms with Gasteiger partial charge in [-0.05, 0) is 37.6 Å². The van der Waals surface area contributed by atoms with Crippen LogP contribution in [-0.4, -0.2) is 15.7 Å². The van der Waals surface area contributed by atoms with Crippen molar-refractivity contribution in [3.05, 3.63) is 51.3 Å². The summed E-state index contributed by atoms with van der Waals surface area (Å²) in [5.74, 6) is -0.261. The van der Waals surface area contributed by atoms with Crippen LogP contribution >= 0.6 is 23.2 Å². The average Bonchev–Trinajstić information content (AvgIpc) is 2.58. The maximum atomic E-state index is 12.1. The number of aryl methyl sites for hydroxylation is 2. The SMILES string of the molecule is Cc1cn(C(=O)c2ccc(Cl)cc2Cl)nc1C. The summed E-state index contributed by atoms with van der Waals surface area (Å²) in [6, 6.07) is 4.77. The fourth-order valence-corrected chi connectivity index (χ4v) is 1.93. The first-order chi connectivity index (χ1) is 7.99. The van der Waals surface area contributed by atoms with Gasteiger partial charge in [0.15, 0.2) is 0 Å². The van der Waals surface area contributed by atoms with Gasteiger partial charge in [-0.25, -0.2) is 4.68 Å². The van der Waals surface area contributed by atoms with Gasteiger partial charge in [0, 0.05) is 11.2 Å². The van der Waals surface area contributed by atoms with E-state index in [1.165, 1.54) is 4.68 Å². The number of benzene rings is 1. The third kappa shape index (κ3) is 2.35. The van der Waals surface area contributed by atoms with Gasteiger partial charge >= 0.3 is 0 Å². The molecule has 3 nitrogen and oxygen atoms in total. The van der Waals surface area contributed by atoms with E-state index in [4.69, 9.17) is 23.2 Å². The second-order valence-electron chi connectivity index (χ2n) is 3.77. The van der Waals surface area contributed by atoms with Crippen molar-refractivity contribution >= 4 is 29.1 Å². The predicted octanol–water partition coefficient (Wildman–Crippen LogP) is 3.50. The molecule has 0 atom stereocenters. The molecule has 2 aromatic rings. The summed E-state index contributed by atoms with van der Waals surface area (Å²) in [6.45, 7) is 3.75. The van der Waals surface area contributed by atoms with Crippen LogP contribution in [0.4, 0.5) is 0 Å². The van der Waals surface area contributed by atoms with Crippen LogP contribution in [-0.2, 0) is 0 Å². The van der Waals surface area contributed by atoms with Crippen molar-refractivity contribution in [1.29, 1.82) is 0 Å². The Morgan fingerprint density at radius 1 is 1.29 bits per heavy atom. The van der Waals surface area contributed by atoms with E-state index in [1.807, 2.05) is 13.8 Å². The van der Waals surface area contributed by atoms with Gasteiger partial charge in [0.05, 0.1) is 16.3 Å². The maximum absolute atomic E-state index is 12.1. The monoisotopic (exact) mass is 268 g/mol.